The Kier molecular flexibility index (Phi) is 30.4. The molecule has 0 aromatic heterocycles. The summed E-state index contributed by atoms with van der Waals surface area (Å²) < 4.78 is 199. The topological polar surface area (TPSA) is 540 Å². The fraction of sp³-hybridized carbons (Fsp3) is 0.881. The third-order valence-electron chi connectivity index (χ3n) is 30.5. The molecule has 5 amide bonds. The van der Waals surface area contributed by atoms with Gasteiger partial charge in [-0.25, -0.2) is 24.0 Å². The molecule has 15 rings (SSSR count). The average Bonchev–Trinajstić information content (AvgIpc) is 1.53. The van der Waals surface area contributed by atoms with E-state index >= 15 is 0 Å². The third-order valence-corrected chi connectivity index (χ3v) is 39.7. The minimum absolute atomic E-state index is 0.00112. The van der Waals surface area contributed by atoms with E-state index < -0.39 is 200 Å². The van der Waals surface area contributed by atoms with Crippen LogP contribution >= 0.6 is 0 Å². The van der Waals surface area contributed by atoms with Crippen LogP contribution < -0.4 is 26.6 Å². The minimum Gasteiger partial charge on any atom is -0.463 e. The van der Waals surface area contributed by atoms with Crippen LogP contribution in [0.15, 0.2) is 0 Å². The quantitative estimate of drug-likeness (QED) is 0.0202. The predicted octanol–water partition coefficient (Wildman–Crippen LogP) is 7.40. The van der Waals surface area contributed by atoms with Crippen molar-refractivity contribution in [2.24, 2.45) is 91.2 Å². The Hall–Kier alpha value is -6.75. The molecule has 5 saturated heterocycles. The summed E-state index contributed by atoms with van der Waals surface area (Å²) in [5, 5.41) is 10.4. The van der Waals surface area contributed by atoms with E-state index in [1.54, 1.807) is 76.2 Å². The summed E-state index contributed by atoms with van der Waals surface area (Å²) in [4.78, 5) is 119. The largest absolute Gasteiger partial charge is 0.463 e. The second-order valence-corrected chi connectivity index (χ2v) is 49.6. The van der Waals surface area contributed by atoms with Gasteiger partial charge in [-0.3, -0.25) is 44.9 Å². The number of amides is 5. The van der Waals surface area contributed by atoms with Gasteiger partial charge in [0.1, 0.15) is 93.6 Å². The van der Waals surface area contributed by atoms with Crippen LogP contribution in [0.4, 0.5) is 24.0 Å². The number of alkyl carbamates (subject to hydrolysis) is 5. The molecule has 15 fully saturated rings. The highest BCUT2D eigenvalue weighted by atomic mass is 32.2. The van der Waals surface area contributed by atoms with Crippen molar-refractivity contribution < 1.29 is 158 Å². The second-order valence-electron chi connectivity index (χ2n) is 40.8. The maximum absolute atomic E-state index is 12.1. The average molecular weight is 1930 g/mol. The Morgan fingerprint density at radius 1 is 0.357 bits per heavy atom. The van der Waals surface area contributed by atoms with Gasteiger partial charge in [0, 0.05) is 58.2 Å². The standard InChI is InChI=1S/4C17H27NO7S.C16H25NO7S/c1-5-16(2,3)14(19)23-7-6-18-15(20)24-13-12-10-8-17(13,4)9-11(10)26(21,22)25-12;1-5-16(2,3)14(19)23-7-6-18-15(20)24-12-10-8-11-17(4,9-10)13(12)25-26(11,21)22;1-5-16(2,3)14(19)23-7-6-18-15(20)24-13-10-8-11-12(9-10)26(21,22)25-17(11,13)4;1-5-17(3,4)15(19)23-7-6-18-16(20)24-12-10-8-11-13(12)25-26(21,22)14(11)9(10)2;1-4-16(2,3)14(18)22-6-5-17-15(19)23-12-9-7-10-11(8-9)25(20,21)24-13(10)12/h3*10-13H,5-9H2,1-4H3,(H,18,20);9-14H,5-8H2,1-4H3,(H,18,20);9-13H,4-8H2,1-3H3,(H,17,19). The number of carbonyl (C=O) groups is 10. The Labute approximate surface area is 756 Å². The number of nitrogens with one attached hydrogen (secondary N) is 5. The van der Waals surface area contributed by atoms with E-state index in [1.165, 1.54) is 0 Å². The van der Waals surface area contributed by atoms with E-state index in [-0.39, 0.29) is 154 Å². The van der Waals surface area contributed by atoms with Gasteiger partial charge in [-0.15, -0.1) is 0 Å². The van der Waals surface area contributed by atoms with Crippen molar-refractivity contribution in [1.82, 2.24) is 26.6 Å². The Balaban J connectivity index is 0.000000156. The summed E-state index contributed by atoms with van der Waals surface area (Å²) in [6.45, 7) is 35.9. The summed E-state index contributed by atoms with van der Waals surface area (Å²) in [6.07, 6.45) is 0.322. The number of esters is 5. The summed E-state index contributed by atoms with van der Waals surface area (Å²) >= 11 is 0. The Morgan fingerprint density at radius 3 is 1.19 bits per heavy atom. The molecule has 10 saturated carbocycles. The normalized spacial score (nSPS) is 36.4. The van der Waals surface area contributed by atoms with Gasteiger partial charge in [-0.1, -0.05) is 55.4 Å². The molecule has 5 heterocycles. The van der Waals surface area contributed by atoms with Gasteiger partial charge in [0.2, 0.25) is 0 Å². The molecule has 129 heavy (non-hydrogen) atoms. The van der Waals surface area contributed by atoms with E-state index in [9.17, 15) is 90.0 Å². The molecular weight excluding hydrogens is 1800 g/mol. The molecule has 40 nitrogen and oxygen atoms in total. The summed E-state index contributed by atoms with van der Waals surface area (Å²) in [5.41, 5.74) is -4.59. The van der Waals surface area contributed by atoms with Crippen molar-refractivity contribution in [3.05, 3.63) is 0 Å². The van der Waals surface area contributed by atoms with Crippen LogP contribution in [0, 0.1) is 91.2 Å². The molecular formula is C84H133N5O35S5. The number of rotatable bonds is 30. The highest BCUT2D eigenvalue weighted by Gasteiger charge is 2.75. The lowest BCUT2D eigenvalue weighted by Crippen LogP contribution is -2.48. The molecule has 734 valence electrons. The third kappa shape index (κ3) is 21.0. The monoisotopic (exact) mass is 1930 g/mol. The van der Waals surface area contributed by atoms with Crippen molar-refractivity contribution in [3.8, 4) is 0 Å². The summed E-state index contributed by atoms with van der Waals surface area (Å²) in [7, 11) is -17.8. The first-order valence-electron chi connectivity index (χ1n) is 45.0. The number of hydrogen-bond acceptors (Lipinski definition) is 35. The molecule has 10 aliphatic carbocycles. The molecule has 5 N–H and O–H groups in total. The zero-order valence-corrected chi connectivity index (χ0v) is 81.2. The molecule has 0 aromatic carbocycles. The predicted molar refractivity (Wildman–Crippen MR) is 454 cm³/mol. The lowest BCUT2D eigenvalue weighted by atomic mass is 9.82. The van der Waals surface area contributed by atoms with Crippen molar-refractivity contribution in [3.63, 3.8) is 0 Å². The van der Waals surface area contributed by atoms with Crippen LogP contribution in [-0.4, -0.2) is 255 Å². The van der Waals surface area contributed by atoms with E-state index in [1.807, 2.05) is 55.4 Å². The molecule has 26 atom stereocenters. The summed E-state index contributed by atoms with van der Waals surface area (Å²) in [6, 6.07) is 0. The highest BCUT2D eigenvalue weighted by molar-refractivity contribution is 7.88. The smallest absolute Gasteiger partial charge is 0.407 e. The molecule has 0 spiro atoms. The Morgan fingerprint density at radius 2 is 0.744 bits per heavy atom. The van der Waals surface area contributed by atoms with Crippen molar-refractivity contribution in [2.75, 3.05) is 65.8 Å². The maximum Gasteiger partial charge on any atom is 0.407 e. The van der Waals surface area contributed by atoms with Gasteiger partial charge < -0.3 is 74.0 Å². The molecule has 0 aromatic rings. The minimum atomic E-state index is -3.57. The van der Waals surface area contributed by atoms with E-state index in [0.717, 1.165) is 6.42 Å². The molecule has 10 bridgehead atoms. The molecule has 15 aliphatic rings. The highest BCUT2D eigenvalue weighted by Crippen LogP contribution is 2.66. The number of fused-ring (bicyclic) bond motifs is 5. The molecule has 5 aliphatic heterocycles. The number of hydrogen-bond donors (Lipinski definition) is 5. The van der Waals surface area contributed by atoms with Crippen LogP contribution in [0.2, 0.25) is 0 Å². The van der Waals surface area contributed by atoms with Crippen LogP contribution in [-0.2, 0) is 143 Å². The molecule has 45 heteroatoms. The zero-order valence-electron chi connectivity index (χ0n) is 77.1. The van der Waals surface area contributed by atoms with Gasteiger partial charge in [-0.05, 0) is 172 Å². The maximum atomic E-state index is 12.1. The van der Waals surface area contributed by atoms with E-state index in [4.69, 9.17) is 68.3 Å². The van der Waals surface area contributed by atoms with Crippen molar-refractivity contribution in [1.29, 1.82) is 0 Å². The fourth-order valence-electron chi connectivity index (χ4n) is 21.0. The van der Waals surface area contributed by atoms with Gasteiger partial charge in [0.15, 0.2) is 0 Å². The lowest BCUT2D eigenvalue weighted by Gasteiger charge is -2.33. The SMILES string of the molecule is CCC(C)(C)C(=O)OCCNC(=O)OC1C2CC3C(C)(C2)C1OS3(=O)=O.CCC(C)(C)C(=O)OCCNC(=O)OC1C2CC3C(C2)S(=O)(=O)OC31C.CCC(C)(C)C(=O)OCCNC(=O)OC1C2CC3C1OS(=O)(=O)C3C2.CCC(C)(C)C(=O)OCCNC(=O)OC1C2CC3C1OS(=O)(=O)C3C2C.CCC(C)(C)C(=O)OCCNC(=O)OC1C2OS(=O)(=O)C3CC1(C)CC23. The number of ether oxygens (including phenoxy) is 10. The number of carbonyl (C=O) groups excluding carboxylic acids is 10. The molecule has 0 radical (unpaired) electrons. The summed E-state index contributed by atoms with van der Waals surface area (Å²) in [5.74, 6) is -1.98. The van der Waals surface area contributed by atoms with Crippen LogP contribution in [0.25, 0.3) is 0 Å². The van der Waals surface area contributed by atoms with Crippen LogP contribution in [0.1, 0.15) is 221 Å². The lowest BCUT2D eigenvalue weighted by molar-refractivity contribution is -0.154. The second kappa shape index (κ2) is 38.2. The van der Waals surface area contributed by atoms with Crippen LogP contribution in [0.3, 0.4) is 0 Å². The fourth-order valence-corrected chi connectivity index (χ4v) is 31.2. The first kappa shape index (κ1) is 103. The van der Waals surface area contributed by atoms with E-state index in [2.05, 4.69) is 26.6 Å². The Bertz CT molecular complexity index is 4700. The van der Waals surface area contributed by atoms with Gasteiger partial charge >= 0.3 is 60.3 Å². The zero-order chi connectivity index (χ0) is 95.7. The molecule has 26 unspecified atom stereocenters. The first-order chi connectivity index (χ1) is 59.8. The van der Waals surface area contributed by atoms with E-state index in [0.29, 0.717) is 83.5 Å². The van der Waals surface area contributed by atoms with Gasteiger partial charge in [-0.2, -0.15) is 42.1 Å². The first-order valence-corrected chi connectivity index (χ1v) is 52.3. The van der Waals surface area contributed by atoms with Crippen molar-refractivity contribution in [2.45, 2.75) is 308 Å². The van der Waals surface area contributed by atoms with Gasteiger partial charge in [0.25, 0.3) is 50.6 Å². The van der Waals surface area contributed by atoms with Crippen LogP contribution in [0.5, 0.6) is 0 Å². The van der Waals surface area contributed by atoms with Gasteiger partial charge in [0.05, 0.1) is 86.0 Å². The van der Waals surface area contributed by atoms with Crippen molar-refractivity contribution >= 4 is 111 Å².